The number of fused-ring (bicyclic) bond motifs is 1. The van der Waals surface area contributed by atoms with Crippen molar-refractivity contribution in [2.75, 3.05) is 18.0 Å². The van der Waals surface area contributed by atoms with Crippen LogP contribution in [-0.4, -0.2) is 42.2 Å². The lowest BCUT2D eigenvalue weighted by atomic mass is 9.86. The van der Waals surface area contributed by atoms with Gasteiger partial charge >= 0.3 is 6.18 Å². The Balaban J connectivity index is 1.49. The molecule has 0 N–H and O–H groups in total. The van der Waals surface area contributed by atoms with Crippen molar-refractivity contribution in [3.8, 4) is 11.4 Å². The van der Waals surface area contributed by atoms with E-state index in [1.165, 1.54) is 16.0 Å². The molecule has 0 aromatic carbocycles. The number of alkyl halides is 3. The fraction of sp³-hybridized carbons (Fsp3) is 0.391. The van der Waals surface area contributed by atoms with E-state index in [1.54, 1.807) is 18.5 Å². The predicted octanol–water partition coefficient (Wildman–Crippen LogP) is 4.48. The maximum atomic E-state index is 13.2. The second-order valence-electron chi connectivity index (χ2n) is 8.82. The van der Waals surface area contributed by atoms with Crippen molar-refractivity contribution < 1.29 is 13.2 Å². The van der Waals surface area contributed by atoms with Crippen LogP contribution in [0.4, 0.5) is 19.1 Å². The second-order valence-corrected chi connectivity index (χ2v) is 8.82. The zero-order valence-electron chi connectivity index (χ0n) is 18.6. The van der Waals surface area contributed by atoms with Crippen molar-refractivity contribution in [2.45, 2.75) is 32.4 Å². The number of aromatic nitrogens is 6. The third-order valence-corrected chi connectivity index (χ3v) is 6.17. The van der Waals surface area contributed by atoms with Gasteiger partial charge in [0.2, 0.25) is 5.95 Å². The highest BCUT2D eigenvalue weighted by molar-refractivity contribution is 5.61. The SMILES string of the molecule is Cc1nn(C)cc1[C@H]1C[C@H](C)CN(c2nccc(-c3cnc4ccc(C(F)(F)F)cn34)n2)C1. The summed E-state index contributed by atoms with van der Waals surface area (Å²) in [5.74, 6) is 1.30. The molecule has 0 bridgehead atoms. The number of imidazole rings is 1. The van der Waals surface area contributed by atoms with Crippen LogP contribution >= 0.6 is 0 Å². The standard InChI is InChI=1S/C23H24F3N7/c1-14-8-16(18-13-31(3)30-15(18)2)11-32(10-14)22-27-7-6-19(29-22)20-9-28-21-5-4-17(12-33(20)21)23(24,25)26/h4-7,9,12-14,16H,8,10-11H2,1-3H3/t14-,16-/m0/s1. The minimum absolute atomic E-state index is 0.305. The number of rotatable bonds is 3. The molecule has 33 heavy (non-hydrogen) atoms. The average Bonchev–Trinajstić information content (AvgIpc) is 3.34. The first kappa shape index (κ1) is 21.4. The number of anilines is 1. The third kappa shape index (κ3) is 4.05. The molecule has 10 heteroatoms. The van der Waals surface area contributed by atoms with E-state index in [4.69, 9.17) is 4.98 Å². The summed E-state index contributed by atoms with van der Waals surface area (Å²) in [4.78, 5) is 15.6. The molecule has 0 aliphatic carbocycles. The highest BCUT2D eigenvalue weighted by Crippen LogP contribution is 2.34. The predicted molar refractivity (Wildman–Crippen MR) is 118 cm³/mol. The first-order valence-electron chi connectivity index (χ1n) is 10.8. The maximum absolute atomic E-state index is 13.2. The first-order valence-corrected chi connectivity index (χ1v) is 10.8. The Labute approximate surface area is 188 Å². The topological polar surface area (TPSA) is 64.1 Å². The van der Waals surface area contributed by atoms with Gasteiger partial charge < -0.3 is 4.90 Å². The number of aryl methyl sites for hydroxylation is 2. The van der Waals surface area contributed by atoms with Crippen LogP contribution < -0.4 is 4.90 Å². The number of hydrogen-bond donors (Lipinski definition) is 0. The summed E-state index contributed by atoms with van der Waals surface area (Å²) in [5.41, 5.74) is 2.97. The van der Waals surface area contributed by atoms with Crippen LogP contribution in [-0.2, 0) is 13.2 Å². The third-order valence-electron chi connectivity index (χ3n) is 6.17. The van der Waals surface area contributed by atoms with Crippen molar-refractivity contribution in [3.63, 3.8) is 0 Å². The first-order chi connectivity index (χ1) is 15.7. The normalized spacial score (nSPS) is 19.4. The van der Waals surface area contributed by atoms with E-state index in [2.05, 4.69) is 33.1 Å². The van der Waals surface area contributed by atoms with E-state index in [0.29, 0.717) is 34.8 Å². The van der Waals surface area contributed by atoms with Crippen LogP contribution in [0.2, 0.25) is 0 Å². The molecule has 1 aliphatic heterocycles. The van der Waals surface area contributed by atoms with Gasteiger partial charge in [0.15, 0.2) is 0 Å². The summed E-state index contributed by atoms with van der Waals surface area (Å²) in [6.07, 6.45) is 2.94. The minimum Gasteiger partial charge on any atom is -0.340 e. The van der Waals surface area contributed by atoms with E-state index < -0.39 is 11.7 Å². The molecule has 1 aliphatic rings. The van der Waals surface area contributed by atoms with Crippen molar-refractivity contribution in [3.05, 3.63) is 59.8 Å². The average molecular weight is 455 g/mol. The molecule has 0 spiro atoms. The van der Waals surface area contributed by atoms with Crippen molar-refractivity contribution in [1.82, 2.24) is 29.1 Å². The van der Waals surface area contributed by atoms with Gasteiger partial charge in [0.05, 0.1) is 28.8 Å². The van der Waals surface area contributed by atoms with Gasteiger partial charge in [-0.25, -0.2) is 15.0 Å². The number of nitrogens with zero attached hydrogens (tertiary/aromatic N) is 7. The summed E-state index contributed by atoms with van der Waals surface area (Å²) >= 11 is 0. The summed E-state index contributed by atoms with van der Waals surface area (Å²) in [6, 6.07) is 4.10. The molecule has 7 nitrogen and oxygen atoms in total. The van der Waals surface area contributed by atoms with Gasteiger partial charge in [-0.05, 0) is 43.0 Å². The van der Waals surface area contributed by atoms with Gasteiger partial charge in [0, 0.05) is 44.6 Å². The lowest BCUT2D eigenvalue weighted by molar-refractivity contribution is -0.137. The zero-order chi connectivity index (χ0) is 23.3. The maximum Gasteiger partial charge on any atom is 0.417 e. The molecule has 0 amide bonds. The Morgan fingerprint density at radius 1 is 1.06 bits per heavy atom. The van der Waals surface area contributed by atoms with Crippen LogP contribution in [0.25, 0.3) is 17.0 Å². The number of halogens is 3. The lowest BCUT2D eigenvalue weighted by Gasteiger charge is -2.36. The molecule has 0 unspecified atom stereocenters. The molecule has 2 atom stereocenters. The monoisotopic (exact) mass is 455 g/mol. The highest BCUT2D eigenvalue weighted by Gasteiger charge is 2.32. The van der Waals surface area contributed by atoms with E-state index in [9.17, 15) is 13.2 Å². The summed E-state index contributed by atoms with van der Waals surface area (Å²) in [5, 5.41) is 4.49. The fourth-order valence-corrected chi connectivity index (χ4v) is 4.74. The number of piperidine rings is 1. The van der Waals surface area contributed by atoms with Crippen molar-refractivity contribution >= 4 is 11.6 Å². The van der Waals surface area contributed by atoms with Gasteiger partial charge in [-0.15, -0.1) is 0 Å². The highest BCUT2D eigenvalue weighted by atomic mass is 19.4. The van der Waals surface area contributed by atoms with Gasteiger partial charge in [-0.1, -0.05) is 6.92 Å². The smallest absolute Gasteiger partial charge is 0.340 e. The van der Waals surface area contributed by atoms with Crippen molar-refractivity contribution in [1.29, 1.82) is 0 Å². The van der Waals surface area contributed by atoms with E-state index in [1.807, 2.05) is 18.7 Å². The largest absolute Gasteiger partial charge is 0.417 e. The molecular weight excluding hydrogens is 431 g/mol. The molecule has 5 rings (SSSR count). The number of hydrogen-bond acceptors (Lipinski definition) is 5. The van der Waals surface area contributed by atoms with Gasteiger partial charge in [0.1, 0.15) is 5.65 Å². The quantitative estimate of drug-likeness (QED) is 0.456. The fourth-order valence-electron chi connectivity index (χ4n) is 4.74. The Kier molecular flexibility index (Phi) is 5.10. The van der Waals surface area contributed by atoms with Crippen molar-refractivity contribution in [2.24, 2.45) is 13.0 Å². The minimum atomic E-state index is -4.43. The van der Waals surface area contributed by atoms with Crippen LogP contribution in [0, 0.1) is 12.8 Å². The Morgan fingerprint density at radius 2 is 1.88 bits per heavy atom. The van der Waals surface area contributed by atoms with Crippen LogP contribution in [0.15, 0.2) is 43.0 Å². The molecule has 5 heterocycles. The summed E-state index contributed by atoms with van der Waals surface area (Å²) < 4.78 is 43.0. The lowest BCUT2D eigenvalue weighted by Crippen LogP contribution is -2.39. The van der Waals surface area contributed by atoms with E-state index in [-0.39, 0.29) is 0 Å². The van der Waals surface area contributed by atoms with Gasteiger partial charge in [0.25, 0.3) is 0 Å². The molecule has 172 valence electrons. The Bertz CT molecular complexity index is 1310. The van der Waals surface area contributed by atoms with E-state index >= 15 is 0 Å². The van der Waals surface area contributed by atoms with Crippen LogP contribution in [0.1, 0.15) is 36.1 Å². The second kappa shape index (κ2) is 7.86. The van der Waals surface area contributed by atoms with Crippen LogP contribution in [0.3, 0.4) is 0 Å². The van der Waals surface area contributed by atoms with Gasteiger partial charge in [-0.2, -0.15) is 18.3 Å². The molecule has 1 fully saturated rings. The molecular formula is C23H24F3N7. The Morgan fingerprint density at radius 3 is 2.61 bits per heavy atom. The summed E-state index contributed by atoms with van der Waals surface area (Å²) in [6.45, 7) is 5.80. The molecule has 1 saturated heterocycles. The molecule has 0 radical (unpaired) electrons. The molecule has 4 aromatic rings. The zero-order valence-corrected chi connectivity index (χ0v) is 18.6. The van der Waals surface area contributed by atoms with Crippen LogP contribution in [0.5, 0.6) is 0 Å². The number of pyridine rings is 1. The molecule has 4 aromatic heterocycles. The Hall–Kier alpha value is -3.43. The molecule has 0 saturated carbocycles. The van der Waals surface area contributed by atoms with E-state index in [0.717, 1.165) is 37.5 Å². The summed E-state index contributed by atoms with van der Waals surface area (Å²) in [7, 11) is 1.92. The van der Waals surface area contributed by atoms with Gasteiger partial charge in [-0.3, -0.25) is 9.08 Å².